The monoisotopic (exact) mass is 272 g/mol. The number of hydrogen-bond acceptors (Lipinski definition) is 4. The Kier molecular flexibility index (Phi) is 3.31. The van der Waals surface area contributed by atoms with E-state index in [-0.39, 0.29) is 10.0 Å². The van der Waals surface area contributed by atoms with Crippen molar-refractivity contribution in [3.05, 3.63) is 40.1 Å². The fourth-order valence-corrected chi connectivity index (χ4v) is 1.67. The number of halogens is 3. The van der Waals surface area contributed by atoms with Gasteiger partial charge in [0.25, 0.3) is 0 Å². The third kappa shape index (κ3) is 2.75. The molecule has 3 N–H and O–H groups in total. The molecule has 0 atom stereocenters. The van der Waals surface area contributed by atoms with Crippen LogP contribution in [0.25, 0.3) is 0 Å². The van der Waals surface area contributed by atoms with E-state index in [1.54, 1.807) is 12.1 Å². The number of hydrogen-bond donors (Lipinski definition) is 2. The van der Waals surface area contributed by atoms with E-state index in [2.05, 4.69) is 15.5 Å². The van der Waals surface area contributed by atoms with Crippen LogP contribution in [0, 0.1) is 5.82 Å². The van der Waals surface area contributed by atoms with E-state index in [0.717, 1.165) is 0 Å². The lowest BCUT2D eigenvalue weighted by Crippen LogP contribution is -1.98. The lowest BCUT2D eigenvalue weighted by molar-refractivity contribution is 0.629. The fraction of sp³-hybridized carbons (Fsp3) is 0. The van der Waals surface area contributed by atoms with Crippen molar-refractivity contribution in [1.82, 2.24) is 10.2 Å². The molecule has 0 saturated carbocycles. The molecule has 0 aliphatic carbocycles. The van der Waals surface area contributed by atoms with Crippen LogP contribution in [0.4, 0.5) is 21.7 Å². The van der Waals surface area contributed by atoms with Gasteiger partial charge in [0, 0.05) is 5.69 Å². The number of nitrogens with zero attached hydrogens (tertiary/aromatic N) is 2. The maximum absolute atomic E-state index is 13.2. The zero-order valence-corrected chi connectivity index (χ0v) is 9.93. The van der Waals surface area contributed by atoms with Crippen LogP contribution < -0.4 is 11.1 Å². The van der Waals surface area contributed by atoms with E-state index in [9.17, 15) is 4.39 Å². The number of nitrogen functional groups attached to an aromatic ring is 1. The number of anilines is 3. The highest BCUT2D eigenvalue weighted by atomic mass is 35.5. The van der Waals surface area contributed by atoms with Gasteiger partial charge in [-0.15, -0.1) is 10.2 Å². The SMILES string of the molecule is Nc1ccc(Nc2cc(Cl)c(F)c(Cl)c2)nn1. The summed E-state index contributed by atoms with van der Waals surface area (Å²) in [4.78, 5) is 0. The van der Waals surface area contributed by atoms with Crippen molar-refractivity contribution in [3.63, 3.8) is 0 Å². The Morgan fingerprint density at radius 1 is 1.12 bits per heavy atom. The van der Waals surface area contributed by atoms with Crippen LogP contribution in [-0.4, -0.2) is 10.2 Å². The van der Waals surface area contributed by atoms with Gasteiger partial charge in [0.2, 0.25) is 0 Å². The Balaban J connectivity index is 2.27. The molecule has 0 aliphatic heterocycles. The highest BCUT2D eigenvalue weighted by molar-refractivity contribution is 6.35. The van der Waals surface area contributed by atoms with Crippen molar-refractivity contribution < 1.29 is 4.39 Å². The Bertz CT molecular complexity index is 521. The van der Waals surface area contributed by atoms with Crippen molar-refractivity contribution >= 4 is 40.5 Å². The second-order valence-electron chi connectivity index (χ2n) is 3.22. The first-order valence-corrected chi connectivity index (χ1v) is 5.32. The summed E-state index contributed by atoms with van der Waals surface area (Å²) in [5.41, 5.74) is 5.91. The maximum Gasteiger partial charge on any atom is 0.160 e. The predicted octanol–water partition coefficient (Wildman–Crippen LogP) is 3.25. The minimum atomic E-state index is -0.651. The van der Waals surface area contributed by atoms with Crippen LogP contribution in [0.3, 0.4) is 0 Å². The highest BCUT2D eigenvalue weighted by Gasteiger charge is 2.08. The molecule has 0 radical (unpaired) electrons. The summed E-state index contributed by atoms with van der Waals surface area (Å²) >= 11 is 11.3. The Labute approximate surface area is 107 Å². The number of aromatic nitrogens is 2. The van der Waals surface area contributed by atoms with Gasteiger partial charge in [0.1, 0.15) is 5.82 Å². The molecule has 7 heteroatoms. The van der Waals surface area contributed by atoms with E-state index in [1.807, 2.05) is 0 Å². The van der Waals surface area contributed by atoms with E-state index in [1.165, 1.54) is 12.1 Å². The molecular weight excluding hydrogens is 266 g/mol. The standard InChI is InChI=1S/C10H7Cl2FN4/c11-6-3-5(4-7(12)10(6)13)15-9-2-1-8(14)16-17-9/h1-4H,(H2,14,16)(H,15,17). The zero-order valence-electron chi connectivity index (χ0n) is 8.42. The summed E-state index contributed by atoms with van der Waals surface area (Å²) < 4.78 is 13.2. The first kappa shape index (κ1) is 11.9. The van der Waals surface area contributed by atoms with Gasteiger partial charge in [-0.3, -0.25) is 0 Å². The molecule has 88 valence electrons. The molecule has 1 aromatic carbocycles. The van der Waals surface area contributed by atoms with Crippen molar-refractivity contribution in [1.29, 1.82) is 0 Å². The molecule has 1 heterocycles. The van der Waals surface area contributed by atoms with Crippen LogP contribution in [0.5, 0.6) is 0 Å². The molecule has 0 saturated heterocycles. The van der Waals surface area contributed by atoms with Gasteiger partial charge in [0.05, 0.1) is 10.0 Å². The summed E-state index contributed by atoms with van der Waals surface area (Å²) in [6.45, 7) is 0. The minimum absolute atomic E-state index is 0.0663. The van der Waals surface area contributed by atoms with Gasteiger partial charge < -0.3 is 11.1 Å². The first-order valence-electron chi connectivity index (χ1n) is 4.57. The lowest BCUT2D eigenvalue weighted by atomic mass is 10.3. The van der Waals surface area contributed by atoms with Crippen LogP contribution in [0.2, 0.25) is 10.0 Å². The smallest absolute Gasteiger partial charge is 0.160 e. The minimum Gasteiger partial charge on any atom is -0.382 e. The van der Waals surface area contributed by atoms with Crippen molar-refractivity contribution in [3.8, 4) is 0 Å². The summed E-state index contributed by atoms with van der Waals surface area (Å²) in [6, 6.07) is 6.02. The number of nitrogens with two attached hydrogens (primary N) is 1. The van der Waals surface area contributed by atoms with Crippen LogP contribution in [0.15, 0.2) is 24.3 Å². The Morgan fingerprint density at radius 2 is 1.76 bits per heavy atom. The first-order chi connectivity index (χ1) is 8.06. The second kappa shape index (κ2) is 4.73. The molecule has 2 rings (SSSR count). The second-order valence-corrected chi connectivity index (χ2v) is 4.04. The van der Waals surface area contributed by atoms with Gasteiger partial charge in [-0.05, 0) is 24.3 Å². The van der Waals surface area contributed by atoms with E-state index in [4.69, 9.17) is 28.9 Å². The third-order valence-corrected chi connectivity index (χ3v) is 2.49. The predicted molar refractivity (Wildman–Crippen MR) is 66.1 cm³/mol. The molecule has 0 spiro atoms. The molecule has 0 fully saturated rings. The van der Waals surface area contributed by atoms with Crippen LogP contribution in [-0.2, 0) is 0 Å². The van der Waals surface area contributed by atoms with Gasteiger partial charge >= 0.3 is 0 Å². The third-order valence-electron chi connectivity index (χ3n) is 1.94. The van der Waals surface area contributed by atoms with Gasteiger partial charge in [-0.25, -0.2) is 4.39 Å². The summed E-state index contributed by atoms with van der Waals surface area (Å²) in [5, 5.41) is 10.2. The molecule has 17 heavy (non-hydrogen) atoms. The molecular formula is C10H7Cl2FN4. The van der Waals surface area contributed by atoms with Crippen molar-refractivity contribution in [2.75, 3.05) is 11.1 Å². The topological polar surface area (TPSA) is 63.8 Å². The van der Waals surface area contributed by atoms with Gasteiger partial charge in [-0.2, -0.15) is 0 Å². The van der Waals surface area contributed by atoms with Crippen molar-refractivity contribution in [2.45, 2.75) is 0 Å². The lowest BCUT2D eigenvalue weighted by Gasteiger charge is -2.06. The quantitative estimate of drug-likeness (QED) is 0.824. The zero-order chi connectivity index (χ0) is 12.4. The number of benzene rings is 1. The highest BCUT2D eigenvalue weighted by Crippen LogP contribution is 2.28. The largest absolute Gasteiger partial charge is 0.382 e. The van der Waals surface area contributed by atoms with Gasteiger partial charge in [-0.1, -0.05) is 23.2 Å². The van der Waals surface area contributed by atoms with Gasteiger partial charge in [0.15, 0.2) is 11.6 Å². The average molecular weight is 273 g/mol. The number of rotatable bonds is 2. The molecule has 4 nitrogen and oxygen atoms in total. The Hall–Kier alpha value is -1.59. The molecule has 1 aromatic heterocycles. The molecule has 0 aliphatic rings. The van der Waals surface area contributed by atoms with Crippen LogP contribution in [0.1, 0.15) is 0 Å². The van der Waals surface area contributed by atoms with E-state index >= 15 is 0 Å². The Morgan fingerprint density at radius 3 is 2.29 bits per heavy atom. The molecule has 2 aromatic rings. The average Bonchev–Trinajstić information content (AvgIpc) is 2.29. The normalized spacial score (nSPS) is 10.3. The molecule has 0 amide bonds. The summed E-state index contributed by atoms with van der Waals surface area (Å²) in [6.07, 6.45) is 0. The maximum atomic E-state index is 13.2. The van der Waals surface area contributed by atoms with E-state index < -0.39 is 5.82 Å². The number of nitrogens with one attached hydrogen (secondary N) is 1. The van der Waals surface area contributed by atoms with Crippen LogP contribution >= 0.6 is 23.2 Å². The molecule has 0 unspecified atom stereocenters. The van der Waals surface area contributed by atoms with E-state index in [0.29, 0.717) is 17.3 Å². The molecule has 0 bridgehead atoms. The summed E-state index contributed by atoms with van der Waals surface area (Å²) in [7, 11) is 0. The fourth-order valence-electron chi connectivity index (χ4n) is 1.18. The summed E-state index contributed by atoms with van der Waals surface area (Å²) in [5.74, 6) is 0.117. The van der Waals surface area contributed by atoms with Crippen molar-refractivity contribution in [2.24, 2.45) is 0 Å².